The average molecular weight is 425 g/mol. The van der Waals surface area contributed by atoms with Crippen LogP contribution in [-0.2, 0) is 11.3 Å². The average Bonchev–Trinajstić information content (AvgIpc) is 3.25. The third-order valence-corrected chi connectivity index (χ3v) is 6.58. The standard InChI is InChI=1S/C24H32N4OS/c1-25-24(26-15-13-23(29)27(2)17-20-9-5-3-6-10-20)28-16-14-21(18-28)19-30-22-11-7-4-8-12-22/h3-12,21H,13-19H2,1-2H3,(H,25,26). The largest absolute Gasteiger partial charge is 0.356 e. The summed E-state index contributed by atoms with van der Waals surface area (Å²) in [6, 6.07) is 20.7. The number of amides is 1. The van der Waals surface area contributed by atoms with E-state index < -0.39 is 0 Å². The fourth-order valence-electron chi connectivity index (χ4n) is 3.64. The van der Waals surface area contributed by atoms with Crippen molar-refractivity contribution in [1.29, 1.82) is 0 Å². The van der Waals surface area contributed by atoms with E-state index in [1.54, 1.807) is 4.90 Å². The van der Waals surface area contributed by atoms with Crippen molar-refractivity contribution in [3.63, 3.8) is 0 Å². The van der Waals surface area contributed by atoms with Crippen molar-refractivity contribution in [3.8, 4) is 0 Å². The Bertz CT molecular complexity index is 812. The molecule has 160 valence electrons. The fourth-order valence-corrected chi connectivity index (χ4v) is 4.69. The Morgan fingerprint density at radius 2 is 1.87 bits per heavy atom. The monoisotopic (exact) mass is 424 g/mol. The first-order valence-electron chi connectivity index (χ1n) is 10.6. The number of carbonyl (C=O) groups excluding carboxylic acids is 1. The Kier molecular flexibility index (Phi) is 8.63. The molecule has 2 aromatic rings. The predicted molar refractivity (Wildman–Crippen MR) is 126 cm³/mol. The van der Waals surface area contributed by atoms with Gasteiger partial charge in [0.1, 0.15) is 0 Å². The van der Waals surface area contributed by atoms with Crippen molar-refractivity contribution in [2.75, 3.05) is 39.5 Å². The van der Waals surface area contributed by atoms with Gasteiger partial charge in [-0.1, -0.05) is 48.5 Å². The minimum Gasteiger partial charge on any atom is -0.356 e. The van der Waals surface area contributed by atoms with E-state index in [-0.39, 0.29) is 5.91 Å². The molecular weight excluding hydrogens is 392 g/mol. The number of nitrogens with one attached hydrogen (secondary N) is 1. The van der Waals surface area contributed by atoms with Crippen LogP contribution < -0.4 is 5.32 Å². The van der Waals surface area contributed by atoms with Gasteiger partial charge in [0.05, 0.1) is 0 Å². The highest BCUT2D eigenvalue weighted by atomic mass is 32.2. The Balaban J connectivity index is 1.37. The van der Waals surface area contributed by atoms with Crippen LogP contribution in [0.1, 0.15) is 18.4 Å². The highest BCUT2D eigenvalue weighted by Gasteiger charge is 2.25. The van der Waals surface area contributed by atoms with Crippen LogP contribution in [0.2, 0.25) is 0 Å². The first-order chi connectivity index (χ1) is 14.7. The van der Waals surface area contributed by atoms with Crippen molar-refractivity contribution in [1.82, 2.24) is 15.1 Å². The van der Waals surface area contributed by atoms with Crippen LogP contribution in [0.5, 0.6) is 0 Å². The van der Waals surface area contributed by atoms with Crippen LogP contribution in [0.3, 0.4) is 0 Å². The molecule has 0 saturated carbocycles. The maximum atomic E-state index is 12.4. The van der Waals surface area contributed by atoms with Gasteiger partial charge in [0.25, 0.3) is 0 Å². The SMILES string of the molecule is CN=C(NCCC(=O)N(C)Cc1ccccc1)N1CCC(CSc2ccccc2)C1. The third kappa shape index (κ3) is 6.80. The molecule has 1 aliphatic heterocycles. The molecule has 1 atom stereocenters. The summed E-state index contributed by atoms with van der Waals surface area (Å²) in [5.74, 6) is 2.83. The summed E-state index contributed by atoms with van der Waals surface area (Å²) in [6.07, 6.45) is 1.64. The molecule has 1 N–H and O–H groups in total. The van der Waals surface area contributed by atoms with Gasteiger partial charge in [-0.15, -0.1) is 11.8 Å². The summed E-state index contributed by atoms with van der Waals surface area (Å²) < 4.78 is 0. The molecule has 1 unspecified atom stereocenters. The van der Waals surface area contributed by atoms with Gasteiger partial charge in [0.2, 0.25) is 5.91 Å². The number of likely N-dealkylation sites (tertiary alicyclic amines) is 1. The lowest BCUT2D eigenvalue weighted by Gasteiger charge is -2.22. The summed E-state index contributed by atoms with van der Waals surface area (Å²) in [5, 5.41) is 3.38. The maximum Gasteiger partial charge on any atom is 0.224 e. The zero-order valence-electron chi connectivity index (χ0n) is 18.0. The number of benzene rings is 2. The lowest BCUT2D eigenvalue weighted by atomic mass is 10.2. The molecule has 1 aliphatic rings. The van der Waals surface area contributed by atoms with Crippen molar-refractivity contribution in [2.45, 2.75) is 24.3 Å². The number of hydrogen-bond acceptors (Lipinski definition) is 3. The number of nitrogens with zero attached hydrogens (tertiary/aromatic N) is 3. The van der Waals surface area contributed by atoms with Crippen LogP contribution in [0.4, 0.5) is 0 Å². The fraction of sp³-hybridized carbons (Fsp3) is 0.417. The first kappa shape index (κ1) is 22.2. The molecule has 0 radical (unpaired) electrons. The highest BCUT2D eigenvalue weighted by Crippen LogP contribution is 2.25. The minimum atomic E-state index is 0.139. The van der Waals surface area contributed by atoms with Gasteiger partial charge in [-0.05, 0) is 30.0 Å². The lowest BCUT2D eigenvalue weighted by Crippen LogP contribution is -2.41. The van der Waals surface area contributed by atoms with Gasteiger partial charge >= 0.3 is 0 Å². The second kappa shape index (κ2) is 11.6. The molecule has 2 aromatic carbocycles. The van der Waals surface area contributed by atoms with Crippen LogP contribution in [0.15, 0.2) is 70.6 Å². The normalized spacial score (nSPS) is 16.5. The second-order valence-electron chi connectivity index (χ2n) is 7.68. The van der Waals surface area contributed by atoms with Crippen LogP contribution in [0.25, 0.3) is 0 Å². The van der Waals surface area contributed by atoms with Crippen molar-refractivity contribution >= 4 is 23.6 Å². The summed E-state index contributed by atoms with van der Waals surface area (Å²) in [5.41, 5.74) is 1.15. The summed E-state index contributed by atoms with van der Waals surface area (Å²) in [7, 11) is 3.68. The smallest absolute Gasteiger partial charge is 0.224 e. The molecule has 6 heteroatoms. The van der Waals surface area contributed by atoms with Crippen LogP contribution in [0, 0.1) is 5.92 Å². The zero-order chi connectivity index (χ0) is 21.2. The van der Waals surface area contributed by atoms with Crippen molar-refractivity contribution < 1.29 is 4.79 Å². The van der Waals surface area contributed by atoms with Crippen molar-refractivity contribution in [3.05, 3.63) is 66.2 Å². The van der Waals surface area contributed by atoms with E-state index in [2.05, 4.69) is 45.5 Å². The van der Waals surface area contributed by atoms with Gasteiger partial charge in [0, 0.05) is 57.3 Å². The molecule has 1 saturated heterocycles. The molecule has 0 spiro atoms. The molecule has 1 amide bonds. The van der Waals surface area contributed by atoms with E-state index >= 15 is 0 Å². The zero-order valence-corrected chi connectivity index (χ0v) is 18.8. The minimum absolute atomic E-state index is 0.139. The Hall–Kier alpha value is -2.47. The predicted octanol–water partition coefficient (Wildman–Crippen LogP) is 3.72. The topological polar surface area (TPSA) is 47.9 Å². The highest BCUT2D eigenvalue weighted by molar-refractivity contribution is 7.99. The summed E-state index contributed by atoms with van der Waals surface area (Å²) in [6.45, 7) is 3.27. The Morgan fingerprint density at radius 1 is 1.17 bits per heavy atom. The van der Waals surface area contributed by atoms with Crippen LogP contribution in [-0.4, -0.2) is 61.1 Å². The lowest BCUT2D eigenvalue weighted by molar-refractivity contribution is -0.130. The molecule has 0 bridgehead atoms. The second-order valence-corrected chi connectivity index (χ2v) is 8.78. The molecule has 1 heterocycles. The van der Waals surface area contributed by atoms with E-state index in [0.717, 1.165) is 30.4 Å². The van der Waals surface area contributed by atoms with Gasteiger partial charge in [0.15, 0.2) is 5.96 Å². The number of carbonyl (C=O) groups is 1. The molecule has 30 heavy (non-hydrogen) atoms. The number of rotatable bonds is 8. The van der Waals surface area contributed by atoms with Crippen LogP contribution >= 0.6 is 11.8 Å². The number of guanidine groups is 1. The molecule has 0 aromatic heterocycles. The number of hydrogen-bond donors (Lipinski definition) is 1. The van der Waals surface area contributed by atoms with E-state index in [9.17, 15) is 4.79 Å². The van der Waals surface area contributed by atoms with Gasteiger partial charge in [-0.25, -0.2) is 0 Å². The molecular formula is C24H32N4OS. The molecule has 0 aliphatic carbocycles. The van der Waals surface area contributed by atoms with Crippen molar-refractivity contribution in [2.24, 2.45) is 10.9 Å². The van der Waals surface area contributed by atoms with E-state index in [4.69, 9.17) is 0 Å². The first-order valence-corrected chi connectivity index (χ1v) is 11.6. The molecule has 1 fully saturated rings. The van der Waals surface area contributed by atoms with Gasteiger partial charge < -0.3 is 15.1 Å². The van der Waals surface area contributed by atoms with E-state index in [1.807, 2.05) is 56.2 Å². The quantitative estimate of drug-likeness (QED) is 0.399. The van der Waals surface area contributed by atoms with E-state index in [1.165, 1.54) is 11.3 Å². The number of thioether (sulfide) groups is 1. The van der Waals surface area contributed by atoms with Gasteiger partial charge in [-0.2, -0.15) is 0 Å². The Labute approximate surface area is 184 Å². The number of aliphatic imine (C=N–C) groups is 1. The van der Waals surface area contributed by atoms with E-state index in [0.29, 0.717) is 25.4 Å². The third-order valence-electron chi connectivity index (χ3n) is 5.34. The summed E-state index contributed by atoms with van der Waals surface area (Å²) >= 11 is 1.93. The summed E-state index contributed by atoms with van der Waals surface area (Å²) in [4.78, 5) is 22.3. The Morgan fingerprint density at radius 3 is 2.57 bits per heavy atom. The maximum absolute atomic E-state index is 12.4. The molecule has 5 nitrogen and oxygen atoms in total. The molecule has 3 rings (SSSR count). The van der Waals surface area contributed by atoms with Gasteiger partial charge in [-0.3, -0.25) is 9.79 Å².